The second kappa shape index (κ2) is 14.2. The van der Waals surface area contributed by atoms with Crippen LogP contribution < -0.4 is 0 Å². The molecule has 4 aliphatic heterocycles. The molecule has 4 saturated heterocycles. The van der Waals surface area contributed by atoms with Crippen LogP contribution in [0.3, 0.4) is 0 Å². The van der Waals surface area contributed by atoms with Gasteiger partial charge in [0.1, 0.15) is 54.6 Å². The number of ether oxygens (including phenoxy) is 6. The maximum absolute atomic E-state index is 14.6. The van der Waals surface area contributed by atoms with Gasteiger partial charge in [-0.15, -0.1) is 0 Å². The van der Waals surface area contributed by atoms with Crippen LogP contribution in [0, 0.1) is 52.3 Å². The van der Waals surface area contributed by atoms with E-state index in [1.165, 1.54) is 0 Å². The third kappa shape index (κ3) is 5.94. The lowest BCUT2D eigenvalue weighted by molar-refractivity contribution is -0.364. The molecular weight excluding hydrogens is 704 g/mol. The molecule has 0 aromatic carbocycles. The number of rotatable bonds is 6. The van der Waals surface area contributed by atoms with Gasteiger partial charge in [0.05, 0.1) is 31.5 Å². The minimum atomic E-state index is -1.74. The molecule has 8 rings (SSSR count). The third-order valence-electron chi connectivity index (χ3n) is 16.4. The third-order valence-corrected chi connectivity index (χ3v) is 16.4. The molecule has 4 heterocycles. The SMILES string of the molecule is C[C@H]1CC[C@@]2(OC1)O[C@@]1(C)C[C@H]3[C@@H]4CC[C@H]5C[C@@H](O[C@@H]6O[C@H](CO)[C@H](O[C@@H]7O[C@H](CO)[C@@H](O)[C@H](O)[C@H]7O)[C@H](O)[C@H]6O)CC[C@]5(C)[C@H]4CC(=O)[C@]3(C)[C@H]1[C@@H]2C. The number of hydrogen-bond donors (Lipinski definition) is 7. The van der Waals surface area contributed by atoms with E-state index in [4.69, 9.17) is 28.4 Å². The van der Waals surface area contributed by atoms with E-state index in [0.717, 1.165) is 38.5 Å². The van der Waals surface area contributed by atoms with E-state index in [9.17, 15) is 40.5 Å². The number of carbonyl (C=O) groups excluding carboxylic acids is 1. The van der Waals surface area contributed by atoms with E-state index in [1.807, 2.05) is 0 Å². The van der Waals surface area contributed by atoms with Gasteiger partial charge in [-0.1, -0.05) is 27.7 Å². The molecular formula is C40H64O14. The van der Waals surface area contributed by atoms with Gasteiger partial charge in [0, 0.05) is 30.1 Å². The number of aliphatic hydroxyl groups excluding tert-OH is 7. The van der Waals surface area contributed by atoms with Crippen molar-refractivity contribution < 1.29 is 69.0 Å². The van der Waals surface area contributed by atoms with Crippen LogP contribution in [0.15, 0.2) is 0 Å². The highest BCUT2D eigenvalue weighted by Crippen LogP contribution is 2.73. The summed E-state index contributed by atoms with van der Waals surface area (Å²) in [4.78, 5) is 14.6. The van der Waals surface area contributed by atoms with Gasteiger partial charge in [-0.3, -0.25) is 4.79 Å². The smallest absolute Gasteiger partial charge is 0.187 e. The van der Waals surface area contributed by atoms with Gasteiger partial charge in [0.2, 0.25) is 0 Å². The van der Waals surface area contributed by atoms with Crippen molar-refractivity contribution in [2.75, 3.05) is 19.8 Å². The highest BCUT2D eigenvalue weighted by atomic mass is 16.7. The Bertz CT molecular complexity index is 1390. The largest absolute Gasteiger partial charge is 0.394 e. The van der Waals surface area contributed by atoms with E-state index in [0.29, 0.717) is 49.4 Å². The van der Waals surface area contributed by atoms with Gasteiger partial charge in [-0.25, -0.2) is 0 Å². The Morgan fingerprint density at radius 2 is 1.46 bits per heavy atom. The topological polar surface area (TPSA) is 214 Å². The molecule has 0 amide bonds. The molecule has 4 aliphatic carbocycles. The standard InChI is InChI=1S/C40H64O14/c1-18-8-11-40(49-17-18)19(2)34-38(4,54-40)14-24-22-7-6-20-12-21(9-10-37(20,3)23(22)13-27(43)39(24,34)5)50-35-32(48)30(46)33(26(16-42)52-35)53-36-31(47)29(45)28(44)25(15-41)51-36/h18-26,28-36,41-42,44-48H,6-17H2,1-5H3/t18-,19-,20-,21-,22+,23-,24-,25+,26+,28+,29-,30+,31+,32+,33-,34-,35+,36-,37-,38-,39+,40+/m0/s1. The first-order valence-corrected chi connectivity index (χ1v) is 20.6. The minimum absolute atomic E-state index is 0.0573. The summed E-state index contributed by atoms with van der Waals surface area (Å²) < 4.78 is 37.0. The van der Waals surface area contributed by atoms with Gasteiger partial charge >= 0.3 is 0 Å². The Kier molecular flexibility index (Phi) is 10.5. The predicted molar refractivity (Wildman–Crippen MR) is 188 cm³/mol. The molecule has 1 spiro atoms. The Morgan fingerprint density at radius 1 is 0.778 bits per heavy atom. The maximum atomic E-state index is 14.6. The fraction of sp³-hybridized carbons (Fsp3) is 0.975. The highest BCUT2D eigenvalue weighted by molar-refractivity contribution is 5.87. The van der Waals surface area contributed by atoms with Gasteiger partial charge in [-0.05, 0) is 86.9 Å². The van der Waals surface area contributed by atoms with Gasteiger partial charge < -0.3 is 64.2 Å². The molecule has 14 nitrogen and oxygen atoms in total. The van der Waals surface area contributed by atoms with Crippen molar-refractivity contribution in [1.29, 1.82) is 0 Å². The first kappa shape index (κ1) is 40.0. The van der Waals surface area contributed by atoms with Crippen LogP contribution in [-0.2, 0) is 33.2 Å². The molecule has 0 bridgehead atoms. The average Bonchev–Trinajstić information content (AvgIpc) is 3.52. The summed E-state index contributed by atoms with van der Waals surface area (Å²) in [5.41, 5.74) is -0.903. The van der Waals surface area contributed by atoms with Crippen molar-refractivity contribution in [3.63, 3.8) is 0 Å². The van der Waals surface area contributed by atoms with Crippen molar-refractivity contribution in [3.05, 3.63) is 0 Å². The number of Topliss-reactive ketones (excluding diaryl/α,β-unsaturated/α-hetero) is 1. The van der Waals surface area contributed by atoms with Crippen LogP contribution in [0.1, 0.15) is 92.4 Å². The van der Waals surface area contributed by atoms with Crippen LogP contribution in [0.2, 0.25) is 0 Å². The fourth-order valence-electron chi connectivity index (χ4n) is 13.5. The summed E-state index contributed by atoms with van der Waals surface area (Å²) in [7, 11) is 0. The van der Waals surface area contributed by atoms with Crippen LogP contribution in [-0.4, -0.2) is 140 Å². The van der Waals surface area contributed by atoms with Crippen molar-refractivity contribution in [2.45, 2.75) is 171 Å². The zero-order valence-corrected chi connectivity index (χ0v) is 32.4. The summed E-state index contributed by atoms with van der Waals surface area (Å²) in [6.07, 6.45) is -7.50. The number of aliphatic hydroxyl groups is 7. The van der Waals surface area contributed by atoms with Crippen LogP contribution in [0.4, 0.5) is 0 Å². The molecule has 0 radical (unpaired) electrons. The Hall–Kier alpha value is -0.850. The Labute approximate surface area is 317 Å². The number of carbonyl (C=O) groups is 1. The van der Waals surface area contributed by atoms with E-state index < -0.39 is 91.4 Å². The summed E-state index contributed by atoms with van der Waals surface area (Å²) in [5, 5.41) is 72.8. The molecule has 54 heavy (non-hydrogen) atoms. The molecule has 0 unspecified atom stereocenters. The first-order chi connectivity index (χ1) is 25.5. The van der Waals surface area contributed by atoms with E-state index in [1.54, 1.807) is 0 Å². The first-order valence-electron chi connectivity index (χ1n) is 20.6. The molecule has 0 aromatic heterocycles. The van der Waals surface area contributed by atoms with E-state index in [2.05, 4.69) is 34.6 Å². The molecule has 22 atom stereocenters. The van der Waals surface area contributed by atoms with Gasteiger partial charge in [0.25, 0.3) is 0 Å². The van der Waals surface area contributed by atoms with Crippen LogP contribution >= 0.6 is 0 Å². The summed E-state index contributed by atoms with van der Waals surface area (Å²) in [6, 6.07) is 0. The van der Waals surface area contributed by atoms with Crippen LogP contribution in [0.5, 0.6) is 0 Å². The summed E-state index contributed by atoms with van der Waals surface area (Å²) in [5.74, 6) is 1.80. The second-order valence-electron chi connectivity index (χ2n) is 19.3. The maximum Gasteiger partial charge on any atom is 0.187 e. The highest BCUT2D eigenvalue weighted by Gasteiger charge is 2.75. The molecule has 8 fully saturated rings. The van der Waals surface area contributed by atoms with Gasteiger partial charge in [-0.2, -0.15) is 0 Å². The van der Waals surface area contributed by atoms with Gasteiger partial charge in [0.15, 0.2) is 18.4 Å². The lowest BCUT2D eigenvalue weighted by atomic mass is 9.44. The zero-order valence-electron chi connectivity index (χ0n) is 32.4. The van der Waals surface area contributed by atoms with Crippen LogP contribution in [0.25, 0.3) is 0 Å². The Morgan fingerprint density at radius 3 is 2.15 bits per heavy atom. The molecule has 0 aromatic rings. The monoisotopic (exact) mass is 768 g/mol. The number of fused-ring (bicyclic) bond motifs is 7. The normalized spacial score (nSPS) is 58.7. The summed E-state index contributed by atoms with van der Waals surface area (Å²) >= 11 is 0. The average molecular weight is 769 g/mol. The molecule has 8 aliphatic rings. The lowest BCUT2D eigenvalue weighted by Crippen LogP contribution is -2.65. The number of ketones is 1. The quantitative estimate of drug-likeness (QED) is 0.188. The van der Waals surface area contributed by atoms with E-state index in [-0.39, 0.29) is 35.2 Å². The van der Waals surface area contributed by atoms with E-state index >= 15 is 0 Å². The molecule has 308 valence electrons. The molecule has 7 N–H and O–H groups in total. The van der Waals surface area contributed by atoms with Crippen molar-refractivity contribution in [3.8, 4) is 0 Å². The lowest BCUT2D eigenvalue weighted by Gasteiger charge is -2.60. The molecule has 4 saturated carbocycles. The fourth-order valence-corrected chi connectivity index (χ4v) is 13.5. The summed E-state index contributed by atoms with van der Waals surface area (Å²) in [6.45, 7) is 10.8. The van der Waals surface area contributed by atoms with Crippen molar-refractivity contribution in [2.24, 2.45) is 52.3 Å². The second-order valence-corrected chi connectivity index (χ2v) is 19.3. The zero-order chi connectivity index (χ0) is 38.7. The molecule has 14 heteroatoms. The Balaban J connectivity index is 0.921. The predicted octanol–water partition coefficient (Wildman–Crippen LogP) is 1.01. The number of hydrogen-bond acceptors (Lipinski definition) is 14. The van der Waals surface area contributed by atoms with Crippen molar-refractivity contribution >= 4 is 5.78 Å². The minimum Gasteiger partial charge on any atom is -0.394 e. The van der Waals surface area contributed by atoms with Crippen molar-refractivity contribution in [1.82, 2.24) is 0 Å².